The van der Waals surface area contributed by atoms with Crippen molar-refractivity contribution in [1.29, 1.82) is 0 Å². The molecule has 1 aliphatic heterocycles. The van der Waals surface area contributed by atoms with E-state index in [4.69, 9.17) is 11.6 Å². The third kappa shape index (κ3) is 1.92. The number of anilines is 1. The lowest BCUT2D eigenvalue weighted by Gasteiger charge is -2.24. The Bertz CT molecular complexity index is 564. The van der Waals surface area contributed by atoms with Crippen molar-refractivity contribution in [2.45, 2.75) is 6.54 Å². The molecule has 0 bridgehead atoms. The Labute approximate surface area is 105 Å². The molecule has 0 fully saturated rings. The number of rotatable bonds is 1. The van der Waals surface area contributed by atoms with Crippen molar-refractivity contribution in [3.8, 4) is 0 Å². The summed E-state index contributed by atoms with van der Waals surface area (Å²) < 4.78 is 0. The van der Waals surface area contributed by atoms with Gasteiger partial charge in [-0.3, -0.25) is 5.01 Å². The smallest absolute Gasteiger partial charge is 0.0687 e. The minimum absolute atomic E-state index is 0.718. The summed E-state index contributed by atoms with van der Waals surface area (Å²) in [7, 11) is 0. The molecule has 0 N–H and O–H groups in total. The van der Waals surface area contributed by atoms with E-state index in [1.165, 1.54) is 0 Å². The number of hydrazone groups is 1. The maximum Gasteiger partial charge on any atom is 0.0687 e. The van der Waals surface area contributed by atoms with Gasteiger partial charge in [0.25, 0.3) is 0 Å². The molecular weight excluding hydrogens is 232 g/mol. The lowest BCUT2D eigenvalue weighted by atomic mass is 10.1. The highest BCUT2D eigenvalue weighted by atomic mass is 35.5. The third-order valence-corrected chi connectivity index (χ3v) is 3.21. The number of nitrogens with zero attached hydrogens (tertiary/aromatic N) is 2. The van der Waals surface area contributed by atoms with Gasteiger partial charge >= 0.3 is 0 Å². The third-order valence-electron chi connectivity index (χ3n) is 2.85. The summed E-state index contributed by atoms with van der Waals surface area (Å²) in [6, 6.07) is 16.0. The molecule has 0 radical (unpaired) electrons. The molecule has 2 aromatic carbocycles. The van der Waals surface area contributed by atoms with Crippen LogP contribution >= 0.6 is 11.6 Å². The first-order valence-electron chi connectivity index (χ1n) is 5.48. The van der Waals surface area contributed by atoms with E-state index in [9.17, 15) is 0 Å². The fraction of sp³-hybridized carbons (Fsp3) is 0.0714. The zero-order chi connectivity index (χ0) is 11.7. The summed E-state index contributed by atoms with van der Waals surface area (Å²) >= 11 is 6.21. The molecule has 0 saturated heterocycles. The molecule has 17 heavy (non-hydrogen) atoms. The van der Waals surface area contributed by atoms with Gasteiger partial charge in [-0.15, -0.1) is 0 Å². The van der Waals surface area contributed by atoms with Crippen molar-refractivity contribution in [3.05, 3.63) is 64.7 Å². The number of fused-ring (bicyclic) bond motifs is 1. The topological polar surface area (TPSA) is 15.6 Å². The maximum absolute atomic E-state index is 6.21. The summed E-state index contributed by atoms with van der Waals surface area (Å²) in [4.78, 5) is 0. The lowest BCUT2D eigenvalue weighted by molar-refractivity contribution is 0.843. The van der Waals surface area contributed by atoms with Crippen LogP contribution in [0.5, 0.6) is 0 Å². The number of hydrogen-bond acceptors (Lipinski definition) is 2. The largest absolute Gasteiger partial charge is 0.261 e. The number of para-hydroxylation sites is 1. The van der Waals surface area contributed by atoms with Gasteiger partial charge in [-0.2, -0.15) is 5.10 Å². The van der Waals surface area contributed by atoms with E-state index in [0.717, 1.165) is 28.4 Å². The van der Waals surface area contributed by atoms with E-state index >= 15 is 0 Å². The second kappa shape index (κ2) is 4.22. The van der Waals surface area contributed by atoms with Gasteiger partial charge in [0.2, 0.25) is 0 Å². The molecule has 1 aliphatic rings. The Morgan fingerprint density at radius 1 is 1.00 bits per heavy atom. The molecule has 2 nitrogen and oxygen atoms in total. The van der Waals surface area contributed by atoms with E-state index < -0.39 is 0 Å². The van der Waals surface area contributed by atoms with Crippen LogP contribution in [0.3, 0.4) is 0 Å². The highest BCUT2D eigenvalue weighted by Gasteiger charge is 2.15. The van der Waals surface area contributed by atoms with Crippen LogP contribution in [0.15, 0.2) is 53.6 Å². The fourth-order valence-corrected chi connectivity index (χ4v) is 2.19. The van der Waals surface area contributed by atoms with Crippen molar-refractivity contribution in [1.82, 2.24) is 0 Å². The Morgan fingerprint density at radius 3 is 2.65 bits per heavy atom. The van der Waals surface area contributed by atoms with Gasteiger partial charge in [0, 0.05) is 16.1 Å². The molecule has 0 atom stereocenters. The molecule has 2 aromatic rings. The van der Waals surface area contributed by atoms with Crippen LogP contribution in [0.2, 0.25) is 5.02 Å². The highest BCUT2D eigenvalue weighted by Crippen LogP contribution is 2.26. The zero-order valence-corrected chi connectivity index (χ0v) is 9.93. The van der Waals surface area contributed by atoms with Gasteiger partial charge in [-0.25, -0.2) is 0 Å². The van der Waals surface area contributed by atoms with E-state index in [0.29, 0.717) is 0 Å². The summed E-state index contributed by atoms with van der Waals surface area (Å²) in [5.41, 5.74) is 3.31. The minimum Gasteiger partial charge on any atom is -0.261 e. The van der Waals surface area contributed by atoms with Gasteiger partial charge in [0.1, 0.15) is 0 Å². The first-order valence-corrected chi connectivity index (χ1v) is 5.86. The van der Waals surface area contributed by atoms with Gasteiger partial charge < -0.3 is 0 Å². The maximum atomic E-state index is 6.21. The van der Waals surface area contributed by atoms with Gasteiger partial charge in [0.05, 0.1) is 18.4 Å². The van der Waals surface area contributed by atoms with Crippen LogP contribution < -0.4 is 5.01 Å². The van der Waals surface area contributed by atoms with Crippen molar-refractivity contribution < 1.29 is 0 Å². The highest BCUT2D eigenvalue weighted by molar-refractivity contribution is 6.31. The summed E-state index contributed by atoms with van der Waals surface area (Å²) in [6.07, 6.45) is 1.86. The molecule has 0 spiro atoms. The molecule has 0 aliphatic carbocycles. The number of benzene rings is 2. The van der Waals surface area contributed by atoms with Crippen molar-refractivity contribution in [3.63, 3.8) is 0 Å². The fourth-order valence-electron chi connectivity index (χ4n) is 1.94. The van der Waals surface area contributed by atoms with Crippen LogP contribution in [0.1, 0.15) is 11.1 Å². The van der Waals surface area contributed by atoms with Crippen LogP contribution in [0, 0.1) is 0 Å². The second-order valence-corrected chi connectivity index (χ2v) is 4.35. The molecular formula is C14H11ClN2. The summed E-state index contributed by atoms with van der Waals surface area (Å²) in [6.45, 7) is 0.718. The van der Waals surface area contributed by atoms with E-state index in [1.807, 2.05) is 59.8 Å². The minimum atomic E-state index is 0.718. The van der Waals surface area contributed by atoms with Gasteiger partial charge in [-0.1, -0.05) is 41.9 Å². The molecule has 0 unspecified atom stereocenters. The van der Waals surface area contributed by atoms with Gasteiger partial charge in [-0.05, 0) is 18.2 Å². The molecule has 0 amide bonds. The van der Waals surface area contributed by atoms with E-state index in [2.05, 4.69) is 5.10 Å². The normalized spacial score (nSPS) is 13.6. The Hall–Kier alpha value is -1.80. The summed E-state index contributed by atoms with van der Waals surface area (Å²) in [5.74, 6) is 0. The molecule has 0 aromatic heterocycles. The quantitative estimate of drug-likeness (QED) is 0.745. The number of halogens is 1. The van der Waals surface area contributed by atoms with Crippen molar-refractivity contribution in [2.75, 3.05) is 5.01 Å². The molecule has 3 heteroatoms. The Kier molecular flexibility index (Phi) is 2.57. The van der Waals surface area contributed by atoms with Crippen molar-refractivity contribution in [2.24, 2.45) is 5.10 Å². The predicted molar refractivity (Wildman–Crippen MR) is 71.7 cm³/mol. The second-order valence-electron chi connectivity index (χ2n) is 3.95. The van der Waals surface area contributed by atoms with E-state index in [1.54, 1.807) is 0 Å². The predicted octanol–water partition coefficient (Wildman–Crippen LogP) is 3.69. The van der Waals surface area contributed by atoms with Crippen LogP contribution in [-0.4, -0.2) is 6.21 Å². The Balaban J connectivity index is 1.99. The summed E-state index contributed by atoms with van der Waals surface area (Å²) in [5, 5.41) is 7.18. The molecule has 3 rings (SSSR count). The molecule has 84 valence electrons. The monoisotopic (exact) mass is 242 g/mol. The van der Waals surface area contributed by atoms with Gasteiger partial charge in [0.15, 0.2) is 0 Å². The van der Waals surface area contributed by atoms with Crippen LogP contribution in [0.25, 0.3) is 0 Å². The van der Waals surface area contributed by atoms with Crippen molar-refractivity contribution >= 4 is 23.5 Å². The average molecular weight is 243 g/mol. The van der Waals surface area contributed by atoms with Crippen LogP contribution in [0.4, 0.5) is 5.69 Å². The van der Waals surface area contributed by atoms with E-state index in [-0.39, 0.29) is 0 Å². The molecule has 0 saturated carbocycles. The lowest BCUT2D eigenvalue weighted by Crippen LogP contribution is -2.21. The first-order chi connectivity index (χ1) is 8.34. The zero-order valence-electron chi connectivity index (χ0n) is 9.18. The standard InChI is InChI=1S/C14H11ClN2/c15-14-8-4-5-11-9-16-17(10-13(11)14)12-6-2-1-3-7-12/h1-9H,10H2. The SMILES string of the molecule is Clc1cccc2c1CN(c1ccccc1)N=C2. The first kappa shape index (κ1) is 10.4. The Morgan fingerprint density at radius 2 is 1.82 bits per heavy atom. The van der Waals surface area contributed by atoms with Crippen LogP contribution in [-0.2, 0) is 6.54 Å². The number of hydrogen-bond donors (Lipinski definition) is 0. The molecule has 1 heterocycles. The average Bonchev–Trinajstić information content (AvgIpc) is 2.40.